The van der Waals surface area contributed by atoms with Crippen LogP contribution in [0.15, 0.2) is 73.1 Å². The molecule has 0 aliphatic carbocycles. The molecule has 62 heavy (non-hydrogen) atoms. The second-order valence-corrected chi connectivity index (χ2v) is 16.7. The van der Waals surface area contributed by atoms with Crippen LogP contribution in [0.1, 0.15) is 65.0 Å². The monoisotopic (exact) mass is 863 g/mol. The van der Waals surface area contributed by atoms with Gasteiger partial charge in [-0.25, -0.2) is 6.29 Å². The molecule has 2 aliphatic rings. The third kappa shape index (κ3) is 10.4. The SMILES string of the molecule is COC(=O)C12CN(CN(C)C)CC(C(=O)OC)(C1=O)C(c1ccccn1)N(C)C2c1ccccn1.C[C-](C)C(=O)Nc1ccccc1NC(=O)C(C)(C)NC(=O)C(C)(C)[C-]=O.[Na+]. The van der Waals surface area contributed by atoms with E-state index in [0.29, 0.717) is 35.3 Å². The molecule has 4 heterocycles. The first-order valence-corrected chi connectivity index (χ1v) is 19.5. The third-order valence-electron chi connectivity index (χ3n) is 10.7. The van der Waals surface area contributed by atoms with Crippen molar-refractivity contribution in [3.63, 3.8) is 0 Å². The number of amides is 3. The number of carbonyl (C=O) groups is 6. The Balaban J connectivity index is 0.000000341. The van der Waals surface area contributed by atoms with Crippen molar-refractivity contribution in [2.75, 3.05) is 65.8 Å². The van der Waals surface area contributed by atoms with E-state index in [1.165, 1.54) is 41.9 Å². The van der Waals surface area contributed by atoms with E-state index in [4.69, 9.17) is 9.47 Å². The molecule has 3 aromatic rings. The van der Waals surface area contributed by atoms with Crippen molar-refractivity contribution < 1.29 is 72.6 Å². The number of para-hydroxylation sites is 2. The van der Waals surface area contributed by atoms with Crippen molar-refractivity contribution in [1.29, 1.82) is 0 Å². The standard InChI is InChI=1S/C25H31N5O5.C19H25N3O4.Na/c1-28(2)16-30-14-24(22(32)34-4)19(17-10-6-8-12-26-17)29(3)20(18-11-7-9-13-27-18)25(15-30,21(24)31)23(33)35-5;1-12(2)15(24)20-13-9-7-8-10-14(13)21-17(26)19(5,6)22-16(25)18(3,4)11-23;/h6-13,19-20H,14-16H2,1-5H3;7-10H,1-6H3,(H,20,24)(H,21,26)(H,22,25);/q;-2;+1. The molecule has 2 bridgehead atoms. The maximum Gasteiger partial charge on any atom is 1.00 e. The van der Waals surface area contributed by atoms with Crippen molar-refractivity contribution in [3.05, 3.63) is 90.4 Å². The molecule has 17 nitrogen and oxygen atoms in total. The Hall–Kier alpha value is -5.04. The molecule has 1 aromatic carbocycles. The predicted molar refractivity (Wildman–Crippen MR) is 226 cm³/mol. The van der Waals surface area contributed by atoms with Gasteiger partial charge in [-0.3, -0.25) is 54.6 Å². The molecule has 4 atom stereocenters. The first-order valence-electron chi connectivity index (χ1n) is 19.5. The van der Waals surface area contributed by atoms with Gasteiger partial charge in [-0.2, -0.15) is 13.8 Å². The number of nitrogens with zero attached hydrogens (tertiary/aromatic N) is 5. The van der Waals surface area contributed by atoms with E-state index in [1.54, 1.807) is 88.1 Å². The van der Waals surface area contributed by atoms with Crippen LogP contribution in [-0.2, 0) is 43.0 Å². The van der Waals surface area contributed by atoms with Crippen LogP contribution in [0.3, 0.4) is 0 Å². The Bertz CT molecular complexity index is 2020. The number of nitrogens with one attached hydrogen (secondary N) is 3. The largest absolute Gasteiger partial charge is 1.00 e. The van der Waals surface area contributed by atoms with Crippen LogP contribution in [0, 0.1) is 22.2 Å². The van der Waals surface area contributed by atoms with Gasteiger partial charge in [0.1, 0.15) is 5.54 Å². The minimum absolute atomic E-state index is 0. The minimum atomic E-state index is -1.72. The average Bonchev–Trinajstić information content (AvgIpc) is 3.22. The molecule has 0 radical (unpaired) electrons. The number of anilines is 2. The van der Waals surface area contributed by atoms with Gasteiger partial charge in [0.05, 0.1) is 61.6 Å². The molecular formula is C44H56N8NaO9-. The van der Waals surface area contributed by atoms with Crippen LogP contribution < -0.4 is 45.5 Å². The Morgan fingerprint density at radius 3 is 1.65 bits per heavy atom. The Morgan fingerprint density at radius 1 is 0.806 bits per heavy atom. The topological polar surface area (TPSA) is 210 Å². The maximum absolute atomic E-state index is 14.7. The molecule has 18 heteroatoms. The molecule has 4 unspecified atom stereocenters. The van der Waals surface area contributed by atoms with Crippen LogP contribution in [0.5, 0.6) is 0 Å². The Morgan fingerprint density at radius 2 is 1.26 bits per heavy atom. The number of hydrogen-bond acceptors (Lipinski definition) is 14. The average molecular weight is 864 g/mol. The molecule has 2 saturated heterocycles. The Labute approximate surface area is 385 Å². The van der Waals surface area contributed by atoms with Crippen LogP contribution in [0.4, 0.5) is 11.4 Å². The summed E-state index contributed by atoms with van der Waals surface area (Å²) in [6.45, 7) is 9.78. The molecule has 0 spiro atoms. The number of aromatic nitrogens is 2. The number of rotatable bonds is 13. The molecule has 2 aromatic heterocycles. The van der Waals surface area contributed by atoms with Crippen LogP contribution in [0.25, 0.3) is 0 Å². The van der Waals surface area contributed by atoms with E-state index >= 15 is 0 Å². The van der Waals surface area contributed by atoms with Gasteiger partial charge in [0, 0.05) is 25.5 Å². The van der Waals surface area contributed by atoms with Crippen molar-refractivity contribution in [2.45, 2.75) is 59.2 Å². The second-order valence-electron chi connectivity index (χ2n) is 16.7. The van der Waals surface area contributed by atoms with Gasteiger partial charge in [0.15, 0.2) is 22.5 Å². The number of ketones is 1. The van der Waals surface area contributed by atoms with Gasteiger partial charge >= 0.3 is 41.5 Å². The summed E-state index contributed by atoms with van der Waals surface area (Å²) >= 11 is 0. The van der Waals surface area contributed by atoms with Crippen LogP contribution in [-0.4, -0.2) is 127 Å². The minimum Gasteiger partial charge on any atom is -0.541 e. The van der Waals surface area contributed by atoms with Crippen molar-refractivity contribution in [1.82, 2.24) is 30.0 Å². The number of likely N-dealkylation sites (tertiary alicyclic amines) is 2. The zero-order valence-electron chi connectivity index (χ0n) is 37.6. The van der Waals surface area contributed by atoms with E-state index in [9.17, 15) is 33.6 Å². The number of methoxy groups -OCH3 is 2. The summed E-state index contributed by atoms with van der Waals surface area (Å²) in [6.07, 6.45) is 4.89. The number of ether oxygens (including phenoxy) is 2. The summed E-state index contributed by atoms with van der Waals surface area (Å²) < 4.78 is 10.5. The fourth-order valence-corrected chi connectivity index (χ4v) is 7.74. The van der Waals surface area contributed by atoms with Gasteiger partial charge in [0.2, 0.25) is 5.91 Å². The van der Waals surface area contributed by atoms with Gasteiger partial charge in [-0.05, 0) is 71.4 Å². The van der Waals surface area contributed by atoms with Gasteiger partial charge in [-0.15, -0.1) is 0 Å². The number of piperidine rings is 2. The smallest absolute Gasteiger partial charge is 0.541 e. The van der Waals surface area contributed by atoms with Crippen molar-refractivity contribution in [3.8, 4) is 0 Å². The maximum atomic E-state index is 14.7. The number of fused-ring (bicyclic) bond motifs is 2. The molecule has 0 saturated carbocycles. The van der Waals surface area contributed by atoms with Gasteiger partial charge in [-0.1, -0.05) is 43.5 Å². The summed E-state index contributed by atoms with van der Waals surface area (Å²) in [4.78, 5) is 104. The number of carbonyl (C=O) groups excluding carboxylic acids is 7. The molecule has 328 valence electrons. The number of esters is 2. The number of pyridine rings is 2. The van der Waals surface area contributed by atoms with Crippen molar-refractivity contribution in [2.24, 2.45) is 16.2 Å². The number of Topliss-reactive ketones (excluding diaryl/α,β-unsaturated/α-hetero) is 1. The zero-order chi connectivity index (χ0) is 45.5. The van der Waals surface area contributed by atoms with Crippen LogP contribution >= 0.6 is 0 Å². The first-order chi connectivity index (χ1) is 28.6. The van der Waals surface area contributed by atoms with Gasteiger partial charge in [0.25, 0.3) is 0 Å². The van der Waals surface area contributed by atoms with E-state index in [2.05, 4.69) is 25.9 Å². The van der Waals surface area contributed by atoms with E-state index < -0.39 is 63.4 Å². The molecule has 2 aliphatic heterocycles. The van der Waals surface area contributed by atoms with Gasteiger partial charge < -0.3 is 35.0 Å². The second kappa shape index (κ2) is 20.9. The summed E-state index contributed by atoms with van der Waals surface area (Å²) in [7, 11) is 8.09. The molecule has 2 fully saturated rings. The molecular weight excluding hydrogens is 808 g/mol. The number of hydrogen-bond donors (Lipinski definition) is 3. The predicted octanol–water partition coefficient (Wildman–Crippen LogP) is 0.140. The van der Waals surface area contributed by atoms with E-state index in [1.807, 2.05) is 40.9 Å². The molecule has 3 N–H and O–H groups in total. The summed E-state index contributed by atoms with van der Waals surface area (Å²) in [5.41, 5.74) is -4.18. The first kappa shape index (κ1) is 51.3. The van der Waals surface area contributed by atoms with Crippen molar-refractivity contribution >= 4 is 53.1 Å². The third-order valence-corrected chi connectivity index (χ3v) is 10.7. The van der Waals surface area contributed by atoms with E-state index in [0.717, 1.165) is 0 Å². The summed E-state index contributed by atoms with van der Waals surface area (Å²) in [6, 6.07) is 15.8. The quantitative estimate of drug-likeness (QED) is 0.0905. The number of benzene rings is 1. The zero-order valence-corrected chi connectivity index (χ0v) is 39.6. The Kier molecular flexibility index (Phi) is 17.3. The molecule has 3 amide bonds. The van der Waals surface area contributed by atoms with E-state index in [-0.39, 0.29) is 48.6 Å². The fraction of sp³-hybridized carbons (Fsp3) is 0.455. The summed E-state index contributed by atoms with van der Waals surface area (Å²) in [5.74, 6) is -2.73. The normalized spacial score (nSPS) is 21.2. The van der Waals surface area contributed by atoms with Crippen LogP contribution in [0.2, 0.25) is 0 Å². The molecule has 5 rings (SSSR count). The fourth-order valence-electron chi connectivity index (χ4n) is 7.74. The summed E-state index contributed by atoms with van der Waals surface area (Å²) in [5, 5.41) is 7.95.